The molecule has 2 aromatic rings. The van der Waals surface area contributed by atoms with Crippen molar-refractivity contribution in [2.45, 2.75) is 13.0 Å². The highest BCUT2D eigenvalue weighted by Crippen LogP contribution is 2.32. The van der Waals surface area contributed by atoms with Crippen molar-refractivity contribution in [2.75, 3.05) is 10.6 Å². The number of rotatable bonds is 3. The third-order valence-corrected chi connectivity index (χ3v) is 3.40. The van der Waals surface area contributed by atoms with E-state index in [0.29, 0.717) is 23.6 Å². The number of pyridine rings is 1. The Morgan fingerprint density at radius 1 is 1.33 bits per heavy atom. The molecule has 1 amide bonds. The number of nitrogens with zero attached hydrogens (tertiary/aromatic N) is 3. The number of non-ortho nitro benzene ring substituents is 1. The number of amides is 1. The fourth-order valence-electron chi connectivity index (χ4n) is 2.37. The summed E-state index contributed by atoms with van der Waals surface area (Å²) in [5.74, 6) is 0.338. The number of hydrogen-bond acceptors (Lipinski definition) is 5. The van der Waals surface area contributed by atoms with E-state index in [4.69, 9.17) is 5.73 Å². The predicted molar refractivity (Wildman–Crippen MR) is 76.6 cm³/mol. The first kappa shape index (κ1) is 13.0. The maximum Gasteiger partial charge on any atom is 0.269 e. The van der Waals surface area contributed by atoms with Gasteiger partial charge in [-0.3, -0.25) is 14.9 Å². The Labute approximate surface area is 120 Å². The first-order valence-corrected chi connectivity index (χ1v) is 6.32. The van der Waals surface area contributed by atoms with Crippen molar-refractivity contribution in [1.29, 1.82) is 0 Å². The second-order valence-corrected chi connectivity index (χ2v) is 4.82. The summed E-state index contributed by atoms with van der Waals surface area (Å²) in [5, 5.41) is 10.8. The molecule has 0 bridgehead atoms. The number of nitro benzene ring substituents is 1. The topological polar surface area (TPSA) is 102 Å². The summed E-state index contributed by atoms with van der Waals surface area (Å²) in [7, 11) is 0. The summed E-state index contributed by atoms with van der Waals surface area (Å²) in [6.45, 7) is 0.372. The zero-order chi connectivity index (χ0) is 15.0. The van der Waals surface area contributed by atoms with Gasteiger partial charge in [-0.05, 0) is 23.3 Å². The Morgan fingerprint density at radius 2 is 2.14 bits per heavy atom. The van der Waals surface area contributed by atoms with E-state index in [2.05, 4.69) is 4.98 Å². The number of fused-ring (bicyclic) bond motifs is 1. The Balaban J connectivity index is 1.90. The molecule has 21 heavy (non-hydrogen) atoms. The van der Waals surface area contributed by atoms with Crippen LogP contribution in [0.15, 0.2) is 36.5 Å². The van der Waals surface area contributed by atoms with Gasteiger partial charge in [0.15, 0.2) is 0 Å². The van der Waals surface area contributed by atoms with Crippen LogP contribution in [0.5, 0.6) is 0 Å². The lowest BCUT2D eigenvalue weighted by Crippen LogP contribution is -2.26. The second kappa shape index (κ2) is 4.86. The third-order valence-electron chi connectivity index (χ3n) is 3.40. The fourth-order valence-corrected chi connectivity index (χ4v) is 2.37. The maximum atomic E-state index is 12.1. The molecule has 1 aliphatic heterocycles. The molecule has 1 aromatic heterocycles. The number of carbonyl (C=O) groups is 1. The van der Waals surface area contributed by atoms with Crippen LogP contribution in [0.25, 0.3) is 0 Å². The normalized spacial score (nSPS) is 13.3. The first-order valence-electron chi connectivity index (χ1n) is 6.32. The van der Waals surface area contributed by atoms with E-state index in [1.807, 2.05) is 0 Å². The summed E-state index contributed by atoms with van der Waals surface area (Å²) in [4.78, 5) is 28.0. The Morgan fingerprint density at radius 3 is 2.81 bits per heavy atom. The van der Waals surface area contributed by atoms with Crippen LogP contribution < -0.4 is 10.6 Å². The summed E-state index contributed by atoms with van der Waals surface area (Å²) in [5.41, 5.74) is 7.77. The van der Waals surface area contributed by atoms with Gasteiger partial charge in [0, 0.05) is 24.0 Å². The lowest BCUT2D eigenvalue weighted by atomic mass is 10.1. The Bertz CT molecular complexity index is 727. The average molecular weight is 284 g/mol. The van der Waals surface area contributed by atoms with E-state index in [9.17, 15) is 14.9 Å². The number of hydrogen-bond donors (Lipinski definition) is 1. The van der Waals surface area contributed by atoms with E-state index in [1.165, 1.54) is 12.1 Å². The Kier molecular flexibility index (Phi) is 3.02. The molecular formula is C14H12N4O3. The largest absolute Gasteiger partial charge is 0.384 e. The molecule has 0 unspecified atom stereocenters. The maximum absolute atomic E-state index is 12.1. The number of benzene rings is 1. The van der Waals surface area contributed by atoms with Crippen LogP contribution in [0.3, 0.4) is 0 Å². The molecule has 7 heteroatoms. The van der Waals surface area contributed by atoms with Gasteiger partial charge >= 0.3 is 0 Å². The highest BCUT2D eigenvalue weighted by Gasteiger charge is 2.28. The molecule has 0 aliphatic carbocycles. The summed E-state index contributed by atoms with van der Waals surface area (Å²) in [6.07, 6.45) is 1.80. The van der Waals surface area contributed by atoms with E-state index >= 15 is 0 Å². The molecule has 0 spiro atoms. The SMILES string of the molecule is Nc1ccc(CN2C(=O)Cc3cc([N+](=O)[O-])ccc32)cn1. The zero-order valence-corrected chi connectivity index (χ0v) is 11.0. The lowest BCUT2D eigenvalue weighted by Gasteiger charge is -2.17. The molecule has 106 valence electrons. The molecule has 2 heterocycles. The number of anilines is 2. The van der Waals surface area contributed by atoms with Crippen LogP contribution in [-0.4, -0.2) is 15.8 Å². The number of nitro groups is 1. The number of nitrogen functional groups attached to an aromatic ring is 1. The molecule has 2 N–H and O–H groups in total. The van der Waals surface area contributed by atoms with Gasteiger partial charge in [-0.15, -0.1) is 0 Å². The zero-order valence-electron chi connectivity index (χ0n) is 11.0. The lowest BCUT2D eigenvalue weighted by molar-refractivity contribution is -0.384. The molecule has 0 radical (unpaired) electrons. The van der Waals surface area contributed by atoms with Crippen molar-refractivity contribution in [3.05, 3.63) is 57.8 Å². The standard InChI is InChI=1S/C14H12N4O3/c15-13-4-1-9(7-16-13)8-17-12-3-2-11(18(20)21)5-10(12)6-14(17)19/h1-5,7H,6,8H2,(H2,15,16). The highest BCUT2D eigenvalue weighted by atomic mass is 16.6. The molecule has 3 rings (SSSR count). The van der Waals surface area contributed by atoms with E-state index in [0.717, 1.165) is 5.56 Å². The quantitative estimate of drug-likeness (QED) is 0.682. The van der Waals surface area contributed by atoms with Crippen LogP contribution in [-0.2, 0) is 17.8 Å². The molecule has 0 saturated heterocycles. The molecule has 7 nitrogen and oxygen atoms in total. The molecule has 0 atom stereocenters. The smallest absolute Gasteiger partial charge is 0.269 e. The van der Waals surface area contributed by atoms with Crippen LogP contribution in [0.2, 0.25) is 0 Å². The van der Waals surface area contributed by atoms with Crippen molar-refractivity contribution in [3.63, 3.8) is 0 Å². The van der Waals surface area contributed by atoms with Crippen molar-refractivity contribution in [3.8, 4) is 0 Å². The third kappa shape index (κ3) is 2.40. The average Bonchev–Trinajstić information content (AvgIpc) is 2.76. The minimum Gasteiger partial charge on any atom is -0.384 e. The van der Waals surface area contributed by atoms with Crippen molar-refractivity contribution in [1.82, 2.24) is 4.98 Å². The fraction of sp³-hybridized carbons (Fsp3) is 0.143. The van der Waals surface area contributed by atoms with Gasteiger partial charge < -0.3 is 10.6 Å². The summed E-state index contributed by atoms with van der Waals surface area (Å²) in [6, 6.07) is 7.95. The van der Waals surface area contributed by atoms with Crippen LogP contribution in [0.1, 0.15) is 11.1 Å². The first-order chi connectivity index (χ1) is 10.0. The van der Waals surface area contributed by atoms with Gasteiger partial charge in [0.1, 0.15) is 5.82 Å². The highest BCUT2D eigenvalue weighted by molar-refractivity contribution is 6.01. The molecule has 0 saturated carbocycles. The minimum absolute atomic E-state index is 0.00227. The monoisotopic (exact) mass is 284 g/mol. The van der Waals surface area contributed by atoms with Gasteiger partial charge in [-0.1, -0.05) is 6.07 Å². The predicted octanol–water partition coefficient (Wildman–Crippen LogP) is 1.66. The molecule has 1 aliphatic rings. The Hall–Kier alpha value is -2.96. The van der Waals surface area contributed by atoms with Gasteiger partial charge in [0.25, 0.3) is 5.69 Å². The van der Waals surface area contributed by atoms with E-state index < -0.39 is 4.92 Å². The molecule has 0 fully saturated rings. The minimum atomic E-state index is -0.461. The van der Waals surface area contributed by atoms with Gasteiger partial charge in [0.2, 0.25) is 5.91 Å². The van der Waals surface area contributed by atoms with Crippen molar-refractivity contribution >= 4 is 23.1 Å². The summed E-state index contributed by atoms with van der Waals surface area (Å²) < 4.78 is 0. The molecule has 1 aromatic carbocycles. The summed E-state index contributed by atoms with van der Waals surface area (Å²) >= 11 is 0. The molecular weight excluding hydrogens is 272 g/mol. The number of aromatic nitrogens is 1. The van der Waals surface area contributed by atoms with E-state index in [1.54, 1.807) is 29.3 Å². The number of carbonyl (C=O) groups excluding carboxylic acids is 1. The second-order valence-electron chi connectivity index (χ2n) is 4.82. The van der Waals surface area contributed by atoms with Gasteiger partial charge in [-0.2, -0.15) is 0 Å². The number of nitrogens with two attached hydrogens (primary N) is 1. The van der Waals surface area contributed by atoms with Gasteiger partial charge in [0.05, 0.1) is 17.9 Å². The van der Waals surface area contributed by atoms with Crippen molar-refractivity contribution in [2.24, 2.45) is 0 Å². The van der Waals surface area contributed by atoms with Crippen LogP contribution >= 0.6 is 0 Å². The van der Waals surface area contributed by atoms with Gasteiger partial charge in [-0.25, -0.2) is 4.98 Å². The van der Waals surface area contributed by atoms with Crippen molar-refractivity contribution < 1.29 is 9.72 Å². The van der Waals surface area contributed by atoms with Crippen LogP contribution in [0, 0.1) is 10.1 Å². The van der Waals surface area contributed by atoms with E-state index in [-0.39, 0.29) is 18.0 Å². The van der Waals surface area contributed by atoms with Crippen LogP contribution in [0.4, 0.5) is 17.2 Å².